The van der Waals surface area contributed by atoms with Crippen LogP contribution in [0.2, 0.25) is 0 Å². The highest BCUT2D eigenvalue weighted by Crippen LogP contribution is 2.29. The van der Waals surface area contributed by atoms with Crippen LogP contribution in [0.3, 0.4) is 0 Å². The van der Waals surface area contributed by atoms with E-state index in [1.165, 1.54) is 0 Å². The van der Waals surface area contributed by atoms with Gasteiger partial charge in [-0.05, 0) is 56.4 Å². The summed E-state index contributed by atoms with van der Waals surface area (Å²) in [5.74, 6) is -0.407. The van der Waals surface area contributed by atoms with Crippen LogP contribution in [0, 0.1) is 0 Å². The van der Waals surface area contributed by atoms with E-state index < -0.39 is 0 Å². The number of ether oxygens (including phenoxy) is 1. The summed E-state index contributed by atoms with van der Waals surface area (Å²) in [7, 11) is 0. The van der Waals surface area contributed by atoms with Crippen LogP contribution in [0.4, 0.5) is 11.4 Å². The summed E-state index contributed by atoms with van der Waals surface area (Å²) in [4.78, 5) is 28.3. The third-order valence-electron chi connectivity index (χ3n) is 5.84. The fraction of sp³-hybridized carbons (Fsp3) is 0.462. The van der Waals surface area contributed by atoms with Crippen molar-refractivity contribution < 1.29 is 14.3 Å². The van der Waals surface area contributed by atoms with Crippen molar-refractivity contribution in [3.8, 4) is 0 Å². The largest absolute Gasteiger partial charge is 0.382 e. The molecule has 0 saturated carbocycles. The third kappa shape index (κ3) is 6.33. The number of rotatable bonds is 11. The highest BCUT2D eigenvalue weighted by molar-refractivity contribution is 6.02. The minimum atomic E-state index is -0.231. The third-order valence-corrected chi connectivity index (χ3v) is 5.84. The van der Waals surface area contributed by atoms with Gasteiger partial charge in [0.2, 0.25) is 5.91 Å². The van der Waals surface area contributed by atoms with Crippen LogP contribution in [0.15, 0.2) is 48.5 Å². The van der Waals surface area contributed by atoms with Gasteiger partial charge in [-0.1, -0.05) is 37.3 Å². The molecule has 2 amide bonds. The topological polar surface area (TPSA) is 70.7 Å². The summed E-state index contributed by atoms with van der Waals surface area (Å²) in [6.45, 7) is 7.72. The number of benzene rings is 2. The molecule has 1 saturated heterocycles. The SMILES string of the molecule is CCOCCCNC(=O)c1cc(NC(=O)C(CC)c2ccccc2)ccc1N1CCCC1. The number of hydrogen-bond donors (Lipinski definition) is 2. The zero-order chi connectivity index (χ0) is 22.8. The molecule has 1 unspecified atom stereocenters. The van der Waals surface area contributed by atoms with Gasteiger partial charge in [-0.3, -0.25) is 9.59 Å². The Bertz CT molecular complexity index is 879. The molecule has 3 rings (SSSR count). The second kappa shape index (κ2) is 12.2. The van der Waals surface area contributed by atoms with Crippen molar-refractivity contribution in [1.82, 2.24) is 5.32 Å². The van der Waals surface area contributed by atoms with Crippen molar-refractivity contribution in [2.24, 2.45) is 0 Å². The first-order chi connectivity index (χ1) is 15.6. The Hall–Kier alpha value is -2.86. The van der Waals surface area contributed by atoms with E-state index in [4.69, 9.17) is 4.74 Å². The van der Waals surface area contributed by atoms with Crippen LogP contribution >= 0.6 is 0 Å². The quantitative estimate of drug-likeness (QED) is 0.505. The molecule has 2 N–H and O–H groups in total. The molecule has 0 aliphatic carbocycles. The molecule has 172 valence electrons. The van der Waals surface area contributed by atoms with E-state index in [1.54, 1.807) is 6.07 Å². The van der Waals surface area contributed by atoms with E-state index in [0.717, 1.165) is 43.6 Å². The number of nitrogens with one attached hydrogen (secondary N) is 2. The van der Waals surface area contributed by atoms with Crippen molar-refractivity contribution in [3.63, 3.8) is 0 Å². The van der Waals surface area contributed by atoms with Crippen LogP contribution in [0.1, 0.15) is 61.4 Å². The van der Waals surface area contributed by atoms with Gasteiger partial charge in [0, 0.05) is 44.2 Å². The molecule has 6 heteroatoms. The Morgan fingerprint density at radius 3 is 2.50 bits per heavy atom. The first-order valence-electron chi connectivity index (χ1n) is 11.7. The molecule has 0 spiro atoms. The molecule has 1 atom stereocenters. The van der Waals surface area contributed by atoms with Crippen molar-refractivity contribution in [1.29, 1.82) is 0 Å². The molecule has 0 bridgehead atoms. The summed E-state index contributed by atoms with van der Waals surface area (Å²) < 4.78 is 5.35. The first-order valence-corrected chi connectivity index (χ1v) is 11.7. The maximum absolute atomic E-state index is 13.0. The summed E-state index contributed by atoms with van der Waals surface area (Å²) in [5, 5.41) is 6.03. The average molecular weight is 438 g/mol. The second-order valence-corrected chi connectivity index (χ2v) is 8.09. The smallest absolute Gasteiger partial charge is 0.253 e. The molecule has 0 aromatic heterocycles. The van der Waals surface area contributed by atoms with E-state index in [9.17, 15) is 9.59 Å². The number of nitrogens with zero attached hydrogens (tertiary/aromatic N) is 1. The molecule has 2 aromatic rings. The number of carbonyl (C=O) groups excluding carboxylic acids is 2. The average Bonchev–Trinajstić information content (AvgIpc) is 3.35. The maximum Gasteiger partial charge on any atom is 0.253 e. The lowest BCUT2D eigenvalue weighted by atomic mass is 9.95. The van der Waals surface area contributed by atoms with Crippen LogP contribution in [0.5, 0.6) is 0 Å². The van der Waals surface area contributed by atoms with Gasteiger partial charge in [-0.2, -0.15) is 0 Å². The van der Waals surface area contributed by atoms with Gasteiger partial charge >= 0.3 is 0 Å². The summed E-state index contributed by atoms with van der Waals surface area (Å²) >= 11 is 0. The molecular weight excluding hydrogens is 402 g/mol. The van der Waals surface area contributed by atoms with Crippen LogP contribution in [0.25, 0.3) is 0 Å². The van der Waals surface area contributed by atoms with Crippen molar-refractivity contribution >= 4 is 23.2 Å². The Morgan fingerprint density at radius 1 is 1.06 bits per heavy atom. The minimum Gasteiger partial charge on any atom is -0.382 e. The minimum absolute atomic E-state index is 0.0595. The van der Waals surface area contributed by atoms with Gasteiger partial charge in [-0.15, -0.1) is 0 Å². The predicted molar refractivity (Wildman–Crippen MR) is 129 cm³/mol. The second-order valence-electron chi connectivity index (χ2n) is 8.09. The first kappa shape index (κ1) is 23.8. The maximum atomic E-state index is 13.0. The Morgan fingerprint density at radius 2 is 1.81 bits per heavy atom. The molecule has 2 aromatic carbocycles. The van der Waals surface area contributed by atoms with Gasteiger partial charge in [-0.25, -0.2) is 0 Å². The molecule has 1 heterocycles. The van der Waals surface area contributed by atoms with E-state index in [2.05, 4.69) is 15.5 Å². The predicted octanol–water partition coefficient (Wildman–Crippen LogP) is 4.58. The Kier molecular flexibility index (Phi) is 9.11. The Balaban J connectivity index is 1.75. The van der Waals surface area contributed by atoms with Crippen LogP contribution < -0.4 is 15.5 Å². The number of amides is 2. The monoisotopic (exact) mass is 437 g/mol. The van der Waals surface area contributed by atoms with E-state index in [-0.39, 0.29) is 17.7 Å². The van der Waals surface area contributed by atoms with Crippen molar-refractivity contribution in [2.75, 3.05) is 43.1 Å². The normalized spacial score (nSPS) is 14.2. The molecule has 1 aliphatic heterocycles. The summed E-state index contributed by atoms with van der Waals surface area (Å²) in [5.41, 5.74) is 3.17. The number of carbonyl (C=O) groups is 2. The van der Waals surface area contributed by atoms with Gasteiger partial charge < -0.3 is 20.3 Å². The molecular formula is C26H35N3O3. The van der Waals surface area contributed by atoms with Gasteiger partial charge in [0.15, 0.2) is 0 Å². The zero-order valence-corrected chi connectivity index (χ0v) is 19.2. The van der Waals surface area contributed by atoms with Gasteiger partial charge in [0.25, 0.3) is 5.91 Å². The highest BCUT2D eigenvalue weighted by Gasteiger charge is 2.22. The molecule has 0 radical (unpaired) electrons. The lowest BCUT2D eigenvalue weighted by Gasteiger charge is -2.22. The summed E-state index contributed by atoms with van der Waals surface area (Å²) in [6.07, 6.45) is 3.73. The van der Waals surface area contributed by atoms with E-state index in [1.807, 2.05) is 56.3 Å². The molecule has 32 heavy (non-hydrogen) atoms. The van der Waals surface area contributed by atoms with Crippen molar-refractivity contribution in [2.45, 2.75) is 45.4 Å². The summed E-state index contributed by atoms with van der Waals surface area (Å²) in [6, 6.07) is 15.5. The van der Waals surface area contributed by atoms with Gasteiger partial charge in [0.1, 0.15) is 0 Å². The van der Waals surface area contributed by atoms with Crippen LogP contribution in [-0.2, 0) is 9.53 Å². The lowest BCUT2D eigenvalue weighted by Crippen LogP contribution is -2.29. The highest BCUT2D eigenvalue weighted by atomic mass is 16.5. The van der Waals surface area contributed by atoms with E-state index >= 15 is 0 Å². The lowest BCUT2D eigenvalue weighted by molar-refractivity contribution is -0.117. The van der Waals surface area contributed by atoms with Crippen LogP contribution in [-0.4, -0.2) is 44.7 Å². The molecule has 1 aliphatic rings. The molecule has 6 nitrogen and oxygen atoms in total. The van der Waals surface area contributed by atoms with Crippen molar-refractivity contribution in [3.05, 3.63) is 59.7 Å². The number of anilines is 2. The zero-order valence-electron chi connectivity index (χ0n) is 19.2. The Labute approximate surface area is 191 Å². The van der Waals surface area contributed by atoms with Gasteiger partial charge in [0.05, 0.1) is 11.5 Å². The fourth-order valence-electron chi connectivity index (χ4n) is 4.13. The number of hydrogen-bond acceptors (Lipinski definition) is 4. The standard InChI is InChI=1S/C26H35N3O3/c1-3-22(20-11-6-5-7-12-20)26(31)28-21-13-14-24(29-16-8-9-17-29)23(19-21)25(30)27-15-10-18-32-4-2/h5-7,11-14,19,22H,3-4,8-10,15-18H2,1-2H3,(H,27,30)(H,28,31). The molecule has 1 fully saturated rings. The fourth-order valence-corrected chi connectivity index (χ4v) is 4.13. The van der Waals surface area contributed by atoms with E-state index in [0.29, 0.717) is 37.4 Å².